The molecule has 5 rings (SSSR count). The smallest absolute Gasteiger partial charge is 0.254 e. The van der Waals surface area contributed by atoms with Gasteiger partial charge in [-0.05, 0) is 61.8 Å². The van der Waals surface area contributed by atoms with Crippen LogP contribution in [0.3, 0.4) is 0 Å². The predicted octanol–water partition coefficient (Wildman–Crippen LogP) is 3.23. The summed E-state index contributed by atoms with van der Waals surface area (Å²) in [5, 5.41) is 1.11. The van der Waals surface area contributed by atoms with Gasteiger partial charge in [-0.1, -0.05) is 0 Å². The second-order valence-corrected chi connectivity index (χ2v) is 8.57. The molecule has 2 aliphatic heterocycles. The number of aryl methyl sites for hydroxylation is 1. The van der Waals surface area contributed by atoms with E-state index in [1.165, 1.54) is 12.8 Å². The first-order valence-corrected chi connectivity index (χ1v) is 10.2. The molecule has 2 aromatic rings. The fourth-order valence-electron chi connectivity index (χ4n) is 4.64. The molecule has 2 saturated heterocycles. The van der Waals surface area contributed by atoms with E-state index in [1.54, 1.807) is 0 Å². The van der Waals surface area contributed by atoms with Crippen LogP contribution in [0, 0.1) is 11.8 Å². The van der Waals surface area contributed by atoms with Crippen LogP contribution < -0.4 is 0 Å². The van der Waals surface area contributed by atoms with E-state index in [0.717, 1.165) is 55.0 Å². The normalized spacial score (nSPS) is 23.9. The van der Waals surface area contributed by atoms with Gasteiger partial charge in [-0.2, -0.15) is 0 Å². The Morgan fingerprint density at radius 2 is 2.11 bits per heavy atom. The minimum atomic E-state index is -0.130. The predicted molar refractivity (Wildman–Crippen MR) is 104 cm³/mol. The molecule has 144 valence electrons. The third-order valence-electron chi connectivity index (χ3n) is 6.60. The maximum Gasteiger partial charge on any atom is 0.254 e. The van der Waals surface area contributed by atoms with Crippen molar-refractivity contribution in [1.29, 1.82) is 0 Å². The number of amides is 1. The van der Waals surface area contributed by atoms with Crippen LogP contribution in [0.1, 0.15) is 36.0 Å². The number of rotatable bonds is 6. The number of aromatic nitrogens is 1. The number of ether oxygens (including phenoxy) is 2. The zero-order valence-electron chi connectivity index (χ0n) is 16.0. The number of hydrogen-bond acceptors (Lipinski definition) is 3. The molecule has 1 aromatic heterocycles. The summed E-state index contributed by atoms with van der Waals surface area (Å²) in [5.41, 5.74) is 1.79. The van der Waals surface area contributed by atoms with E-state index < -0.39 is 0 Å². The van der Waals surface area contributed by atoms with Crippen LogP contribution in [-0.2, 0) is 16.5 Å². The monoisotopic (exact) mass is 368 g/mol. The summed E-state index contributed by atoms with van der Waals surface area (Å²) >= 11 is 0. The lowest BCUT2D eigenvalue weighted by molar-refractivity contribution is -0.120. The summed E-state index contributed by atoms with van der Waals surface area (Å²) in [6.45, 7) is 3.99. The van der Waals surface area contributed by atoms with Crippen LogP contribution in [0.15, 0.2) is 30.5 Å². The highest BCUT2D eigenvalue weighted by molar-refractivity contribution is 5.98. The Morgan fingerprint density at radius 1 is 1.26 bits per heavy atom. The molecule has 1 aromatic carbocycles. The molecular formula is C22H28N2O3. The van der Waals surface area contributed by atoms with Gasteiger partial charge in [-0.15, -0.1) is 0 Å². The molecule has 0 bridgehead atoms. The minimum absolute atomic E-state index is 0.116. The standard InChI is InChI=1S/C22H28N2O3/c1-23-9-6-17-12-18(4-5-20(17)23)21(25)24-14-22(15-24)19(8-11-27-22)7-10-26-13-16-2-3-16/h4-6,9,12,16,19H,2-3,7-8,10-11,13-15H2,1H3. The number of nitrogens with zero attached hydrogens (tertiary/aromatic N) is 2. The maximum atomic E-state index is 12.9. The summed E-state index contributed by atoms with van der Waals surface area (Å²) < 4.78 is 14.0. The molecule has 1 aliphatic carbocycles. The van der Waals surface area contributed by atoms with Crippen LogP contribution in [-0.4, -0.2) is 53.9 Å². The highest BCUT2D eigenvalue weighted by atomic mass is 16.5. The Morgan fingerprint density at radius 3 is 2.93 bits per heavy atom. The molecule has 27 heavy (non-hydrogen) atoms. The van der Waals surface area contributed by atoms with Gasteiger partial charge in [0.1, 0.15) is 5.60 Å². The van der Waals surface area contributed by atoms with Gasteiger partial charge in [0.25, 0.3) is 5.91 Å². The van der Waals surface area contributed by atoms with E-state index in [1.807, 2.05) is 36.3 Å². The molecule has 3 aliphatic rings. The first-order chi connectivity index (χ1) is 13.1. The second kappa shape index (κ2) is 6.64. The summed E-state index contributed by atoms with van der Waals surface area (Å²) in [6, 6.07) is 8.03. The summed E-state index contributed by atoms with van der Waals surface area (Å²) in [6.07, 6.45) is 6.83. The van der Waals surface area contributed by atoms with Crippen molar-refractivity contribution < 1.29 is 14.3 Å². The lowest BCUT2D eigenvalue weighted by Crippen LogP contribution is -2.66. The molecule has 0 radical (unpaired) electrons. The zero-order valence-corrected chi connectivity index (χ0v) is 16.0. The van der Waals surface area contributed by atoms with Crippen molar-refractivity contribution in [2.45, 2.75) is 31.3 Å². The highest BCUT2D eigenvalue weighted by Gasteiger charge is 2.54. The van der Waals surface area contributed by atoms with Crippen LogP contribution in [0.2, 0.25) is 0 Å². The summed E-state index contributed by atoms with van der Waals surface area (Å²) in [4.78, 5) is 14.8. The molecule has 1 spiro atoms. The van der Waals surface area contributed by atoms with Gasteiger partial charge in [0, 0.05) is 49.5 Å². The van der Waals surface area contributed by atoms with E-state index >= 15 is 0 Å². The Balaban J connectivity index is 1.19. The fourth-order valence-corrected chi connectivity index (χ4v) is 4.64. The third kappa shape index (κ3) is 3.17. The molecule has 1 amide bonds. The quantitative estimate of drug-likeness (QED) is 0.736. The molecule has 1 unspecified atom stereocenters. The maximum absolute atomic E-state index is 12.9. The van der Waals surface area contributed by atoms with Gasteiger partial charge in [-0.25, -0.2) is 0 Å². The molecule has 1 atom stereocenters. The minimum Gasteiger partial charge on any atom is -0.381 e. The van der Waals surface area contributed by atoms with Crippen molar-refractivity contribution in [3.05, 3.63) is 36.0 Å². The zero-order chi connectivity index (χ0) is 18.4. The number of likely N-dealkylation sites (tertiary alicyclic amines) is 1. The molecule has 3 fully saturated rings. The largest absolute Gasteiger partial charge is 0.381 e. The molecular weight excluding hydrogens is 340 g/mol. The highest BCUT2D eigenvalue weighted by Crippen LogP contribution is 2.42. The van der Waals surface area contributed by atoms with Crippen molar-refractivity contribution >= 4 is 16.8 Å². The van der Waals surface area contributed by atoms with Gasteiger partial charge >= 0.3 is 0 Å². The average molecular weight is 368 g/mol. The van der Waals surface area contributed by atoms with E-state index in [4.69, 9.17) is 9.47 Å². The lowest BCUT2D eigenvalue weighted by Gasteiger charge is -2.50. The first-order valence-electron chi connectivity index (χ1n) is 10.2. The van der Waals surface area contributed by atoms with Gasteiger partial charge in [0.05, 0.1) is 13.1 Å². The van der Waals surface area contributed by atoms with Crippen LogP contribution in [0.5, 0.6) is 0 Å². The fraction of sp³-hybridized carbons (Fsp3) is 0.591. The first kappa shape index (κ1) is 17.3. The van der Waals surface area contributed by atoms with Gasteiger partial charge in [0.15, 0.2) is 0 Å². The lowest BCUT2D eigenvalue weighted by atomic mass is 9.79. The van der Waals surface area contributed by atoms with Crippen molar-refractivity contribution in [2.24, 2.45) is 18.9 Å². The van der Waals surface area contributed by atoms with Crippen molar-refractivity contribution in [3.8, 4) is 0 Å². The van der Waals surface area contributed by atoms with Crippen LogP contribution in [0.25, 0.3) is 10.9 Å². The van der Waals surface area contributed by atoms with E-state index in [9.17, 15) is 4.79 Å². The Labute approximate surface area is 160 Å². The summed E-state index contributed by atoms with van der Waals surface area (Å²) in [7, 11) is 2.02. The number of hydrogen-bond donors (Lipinski definition) is 0. The summed E-state index contributed by atoms with van der Waals surface area (Å²) in [5.74, 6) is 1.44. The van der Waals surface area contributed by atoms with Crippen LogP contribution >= 0.6 is 0 Å². The molecule has 0 N–H and O–H groups in total. The topological polar surface area (TPSA) is 43.7 Å². The van der Waals surface area contributed by atoms with Crippen molar-refractivity contribution in [1.82, 2.24) is 9.47 Å². The molecule has 5 nitrogen and oxygen atoms in total. The van der Waals surface area contributed by atoms with Crippen molar-refractivity contribution in [3.63, 3.8) is 0 Å². The van der Waals surface area contributed by atoms with Gasteiger partial charge < -0.3 is 18.9 Å². The molecule has 3 heterocycles. The second-order valence-electron chi connectivity index (χ2n) is 8.57. The van der Waals surface area contributed by atoms with E-state index in [2.05, 4.69) is 10.6 Å². The Bertz CT molecular complexity index is 848. The third-order valence-corrected chi connectivity index (χ3v) is 6.60. The Hall–Kier alpha value is -1.85. The van der Waals surface area contributed by atoms with Gasteiger partial charge in [-0.3, -0.25) is 4.79 Å². The van der Waals surface area contributed by atoms with Crippen LogP contribution in [0.4, 0.5) is 0 Å². The number of benzene rings is 1. The van der Waals surface area contributed by atoms with Crippen molar-refractivity contribution in [2.75, 3.05) is 32.9 Å². The number of fused-ring (bicyclic) bond motifs is 1. The molecule has 1 saturated carbocycles. The van der Waals surface area contributed by atoms with Gasteiger partial charge in [0.2, 0.25) is 0 Å². The Kier molecular flexibility index (Phi) is 4.25. The average Bonchev–Trinajstić information content (AvgIpc) is 3.26. The molecule has 5 heteroatoms. The number of carbonyl (C=O) groups excluding carboxylic acids is 1. The van der Waals surface area contributed by atoms with E-state index in [0.29, 0.717) is 19.0 Å². The van der Waals surface area contributed by atoms with E-state index in [-0.39, 0.29) is 11.5 Å². The number of carbonyl (C=O) groups is 1. The SMILES string of the molecule is Cn1ccc2cc(C(=O)N3CC4(C3)OCCC4CCOCC3CC3)ccc21.